The summed E-state index contributed by atoms with van der Waals surface area (Å²) >= 11 is 13.5. The fourth-order valence-electron chi connectivity index (χ4n) is 3.13. The van der Waals surface area contributed by atoms with Crippen LogP contribution in [0.2, 0.25) is 10.0 Å². The number of benzene rings is 1. The summed E-state index contributed by atoms with van der Waals surface area (Å²) in [4.78, 5) is 21.6. The highest BCUT2D eigenvalue weighted by atomic mass is 35.5. The largest absolute Gasteiger partial charge is 0.316 e. The van der Waals surface area contributed by atoms with E-state index in [-0.39, 0.29) is 5.91 Å². The summed E-state index contributed by atoms with van der Waals surface area (Å²) in [6.45, 7) is 4.04. The summed E-state index contributed by atoms with van der Waals surface area (Å²) in [5, 5.41) is 4.02. The van der Waals surface area contributed by atoms with E-state index in [0.29, 0.717) is 25.8 Å². The van der Waals surface area contributed by atoms with Gasteiger partial charge in [0.05, 0.1) is 32.5 Å². The average Bonchev–Trinajstić information content (AvgIpc) is 3.18. The van der Waals surface area contributed by atoms with Gasteiger partial charge in [-0.25, -0.2) is 4.99 Å². The first-order valence-corrected chi connectivity index (χ1v) is 10.3. The predicted molar refractivity (Wildman–Crippen MR) is 120 cm³/mol. The van der Waals surface area contributed by atoms with E-state index in [1.807, 2.05) is 44.3 Å². The van der Waals surface area contributed by atoms with E-state index in [0.717, 1.165) is 22.6 Å². The molecule has 0 aliphatic carbocycles. The summed E-state index contributed by atoms with van der Waals surface area (Å²) in [7, 11) is 0. The highest BCUT2D eigenvalue weighted by Crippen LogP contribution is 2.35. The predicted octanol–water partition coefficient (Wildman–Crippen LogP) is 5.69. The number of rotatable bonds is 3. The number of aryl methyl sites for hydroxylation is 1. The Labute approximate surface area is 182 Å². The maximum Gasteiger partial charge on any atom is 0.264 e. The fraction of sp³-hybridized carbons (Fsp3) is 0.0952. The zero-order valence-corrected chi connectivity index (χ0v) is 17.9. The molecular weight excluding hydrogens is 427 g/mol. The third-order valence-electron chi connectivity index (χ3n) is 4.47. The maximum absolute atomic E-state index is 12.4. The molecule has 3 aromatic rings. The van der Waals surface area contributed by atoms with Gasteiger partial charge in [-0.15, -0.1) is 0 Å². The minimum absolute atomic E-state index is 0.196. The Kier molecular flexibility index (Phi) is 5.50. The van der Waals surface area contributed by atoms with Gasteiger partial charge in [0, 0.05) is 17.6 Å². The van der Waals surface area contributed by atoms with Gasteiger partial charge in [-0.1, -0.05) is 29.3 Å². The third-order valence-corrected chi connectivity index (χ3v) is 6.18. The zero-order chi connectivity index (χ0) is 20.5. The van der Waals surface area contributed by atoms with Crippen LogP contribution in [0.15, 0.2) is 58.7 Å². The molecule has 8 heteroatoms. The molecule has 2 aromatic heterocycles. The molecule has 146 valence electrons. The molecule has 1 aliphatic heterocycles. The molecule has 0 atom stereocenters. The number of nitrogens with one attached hydrogen (secondary N) is 1. The summed E-state index contributed by atoms with van der Waals surface area (Å²) in [5.41, 5.74) is 4.54. The number of halogens is 2. The Hall–Kier alpha value is -2.54. The van der Waals surface area contributed by atoms with Gasteiger partial charge in [-0.05, 0) is 67.6 Å². The minimum atomic E-state index is -0.196. The lowest BCUT2D eigenvalue weighted by molar-refractivity contribution is -0.115. The van der Waals surface area contributed by atoms with Gasteiger partial charge < -0.3 is 9.88 Å². The second kappa shape index (κ2) is 8.06. The molecule has 1 aliphatic rings. The average molecular weight is 443 g/mol. The standard InChI is InChI=1S/C21H16Cl2N4OS/c1-12-9-14(13(2)27(12)15-5-4-8-24-11-15)10-18-20(28)26-21(29-18)25-17-7-3-6-16(22)19(17)23/h3-11H,1-2H3,(H,25,26,28)/b18-10-. The van der Waals surface area contributed by atoms with Crippen molar-refractivity contribution in [3.63, 3.8) is 0 Å². The molecule has 1 saturated heterocycles. The number of thioether (sulfide) groups is 1. The molecule has 4 rings (SSSR count). The van der Waals surface area contributed by atoms with Crippen LogP contribution in [0.3, 0.4) is 0 Å². The molecule has 1 amide bonds. The normalized spacial score (nSPS) is 16.6. The van der Waals surface area contributed by atoms with Crippen molar-refractivity contribution < 1.29 is 4.79 Å². The topological polar surface area (TPSA) is 59.3 Å². The van der Waals surface area contributed by atoms with Crippen LogP contribution in [-0.2, 0) is 4.79 Å². The molecule has 1 aromatic carbocycles. The smallest absolute Gasteiger partial charge is 0.264 e. The van der Waals surface area contributed by atoms with Crippen molar-refractivity contribution in [3.8, 4) is 5.69 Å². The molecule has 1 fully saturated rings. The lowest BCUT2D eigenvalue weighted by Crippen LogP contribution is -2.19. The van der Waals surface area contributed by atoms with Crippen LogP contribution in [0, 0.1) is 13.8 Å². The zero-order valence-electron chi connectivity index (χ0n) is 15.6. The molecule has 5 nitrogen and oxygen atoms in total. The van der Waals surface area contributed by atoms with E-state index >= 15 is 0 Å². The van der Waals surface area contributed by atoms with Crippen LogP contribution in [0.1, 0.15) is 17.0 Å². The number of pyridine rings is 1. The van der Waals surface area contributed by atoms with Gasteiger partial charge in [0.1, 0.15) is 0 Å². The molecule has 0 bridgehead atoms. The lowest BCUT2D eigenvalue weighted by atomic mass is 10.2. The highest BCUT2D eigenvalue weighted by Gasteiger charge is 2.25. The first-order valence-electron chi connectivity index (χ1n) is 8.77. The number of carbonyl (C=O) groups is 1. The van der Waals surface area contributed by atoms with Crippen molar-refractivity contribution in [3.05, 3.63) is 80.7 Å². The van der Waals surface area contributed by atoms with E-state index in [2.05, 4.69) is 19.9 Å². The number of amidine groups is 1. The number of amides is 1. The molecule has 0 saturated carbocycles. The molecule has 29 heavy (non-hydrogen) atoms. The van der Waals surface area contributed by atoms with Crippen LogP contribution >= 0.6 is 35.0 Å². The van der Waals surface area contributed by atoms with E-state index in [1.54, 1.807) is 24.4 Å². The Morgan fingerprint density at radius 3 is 2.79 bits per heavy atom. The van der Waals surface area contributed by atoms with Gasteiger partial charge in [0.2, 0.25) is 0 Å². The number of hydrogen-bond donors (Lipinski definition) is 1. The number of nitrogens with zero attached hydrogens (tertiary/aromatic N) is 3. The summed E-state index contributed by atoms with van der Waals surface area (Å²) in [5.74, 6) is -0.196. The van der Waals surface area contributed by atoms with Crippen molar-refractivity contribution in [2.75, 3.05) is 0 Å². The van der Waals surface area contributed by atoms with Gasteiger partial charge >= 0.3 is 0 Å². The van der Waals surface area contributed by atoms with Gasteiger partial charge in [0.15, 0.2) is 5.17 Å². The van der Waals surface area contributed by atoms with Crippen LogP contribution in [0.5, 0.6) is 0 Å². The van der Waals surface area contributed by atoms with E-state index in [1.165, 1.54) is 11.8 Å². The van der Waals surface area contributed by atoms with Crippen molar-refractivity contribution in [1.29, 1.82) is 0 Å². The first kappa shape index (κ1) is 19.8. The first-order chi connectivity index (χ1) is 13.9. The number of hydrogen-bond acceptors (Lipinski definition) is 4. The molecule has 0 spiro atoms. The van der Waals surface area contributed by atoms with Crippen molar-refractivity contribution in [1.82, 2.24) is 14.9 Å². The Morgan fingerprint density at radius 2 is 2.03 bits per heavy atom. The quantitative estimate of drug-likeness (QED) is 0.530. The van der Waals surface area contributed by atoms with Crippen molar-refractivity contribution in [2.45, 2.75) is 13.8 Å². The molecular formula is C21H16Cl2N4OS. The summed E-state index contributed by atoms with van der Waals surface area (Å²) in [6, 6.07) is 11.1. The highest BCUT2D eigenvalue weighted by molar-refractivity contribution is 8.18. The third kappa shape index (κ3) is 3.96. The van der Waals surface area contributed by atoms with Crippen LogP contribution < -0.4 is 5.32 Å². The molecule has 1 N–H and O–H groups in total. The number of carbonyl (C=O) groups excluding carboxylic acids is 1. The van der Waals surface area contributed by atoms with Crippen LogP contribution in [0.25, 0.3) is 11.8 Å². The number of aliphatic imine (C=N–C) groups is 1. The van der Waals surface area contributed by atoms with E-state index in [4.69, 9.17) is 23.2 Å². The summed E-state index contributed by atoms with van der Waals surface area (Å²) in [6.07, 6.45) is 5.43. The second-order valence-corrected chi connectivity index (χ2v) is 8.24. The summed E-state index contributed by atoms with van der Waals surface area (Å²) < 4.78 is 2.11. The van der Waals surface area contributed by atoms with E-state index < -0.39 is 0 Å². The fourth-order valence-corrected chi connectivity index (χ4v) is 4.29. The molecule has 0 radical (unpaired) electrons. The minimum Gasteiger partial charge on any atom is -0.316 e. The molecule has 3 heterocycles. The van der Waals surface area contributed by atoms with Gasteiger partial charge in [-0.2, -0.15) is 0 Å². The SMILES string of the molecule is Cc1cc(/C=C2\SC(=Nc3cccc(Cl)c3Cl)NC2=O)c(C)n1-c1cccnc1. The Morgan fingerprint density at radius 1 is 1.21 bits per heavy atom. The monoisotopic (exact) mass is 442 g/mol. The number of aromatic nitrogens is 2. The second-order valence-electron chi connectivity index (χ2n) is 6.43. The van der Waals surface area contributed by atoms with E-state index in [9.17, 15) is 4.79 Å². The Bertz CT molecular complexity index is 1170. The van der Waals surface area contributed by atoms with Crippen LogP contribution in [0.4, 0.5) is 5.69 Å². The lowest BCUT2D eigenvalue weighted by Gasteiger charge is -2.08. The van der Waals surface area contributed by atoms with Gasteiger partial charge in [0.25, 0.3) is 5.91 Å². The van der Waals surface area contributed by atoms with Crippen molar-refractivity contribution >= 4 is 57.8 Å². The van der Waals surface area contributed by atoms with Gasteiger partial charge in [-0.3, -0.25) is 9.78 Å². The Balaban J connectivity index is 1.65. The van der Waals surface area contributed by atoms with Crippen LogP contribution in [-0.4, -0.2) is 20.6 Å². The maximum atomic E-state index is 12.4. The molecule has 0 unspecified atom stereocenters. The van der Waals surface area contributed by atoms with Crippen molar-refractivity contribution in [2.24, 2.45) is 4.99 Å².